The Morgan fingerprint density at radius 3 is 2.69 bits per heavy atom. The van der Waals surface area contributed by atoms with Crippen molar-refractivity contribution in [1.82, 2.24) is 15.6 Å². The molecule has 0 saturated carbocycles. The summed E-state index contributed by atoms with van der Waals surface area (Å²) in [4.78, 5) is 11.7. The minimum Gasteiger partial charge on any atom is -0.378 e. The Morgan fingerprint density at radius 2 is 1.93 bits per heavy atom. The Balaban J connectivity index is 1.66. The van der Waals surface area contributed by atoms with E-state index >= 15 is 0 Å². The molecule has 1 saturated heterocycles. The zero-order valence-electron chi connectivity index (χ0n) is 17.7. The first-order valence-electron chi connectivity index (χ1n) is 10.6. The second-order valence-corrected chi connectivity index (χ2v) is 7.37. The highest BCUT2D eigenvalue weighted by Crippen LogP contribution is 2.18. The summed E-state index contributed by atoms with van der Waals surface area (Å²) in [5.74, 6) is 1.88. The number of morpholine rings is 1. The summed E-state index contributed by atoms with van der Waals surface area (Å²) in [6, 6.07) is 12.7. The summed E-state index contributed by atoms with van der Waals surface area (Å²) >= 11 is 0. The van der Waals surface area contributed by atoms with Crippen molar-refractivity contribution < 1.29 is 4.74 Å². The zero-order chi connectivity index (χ0) is 20.3. The molecule has 2 heterocycles. The number of aromatic nitrogens is 1. The van der Waals surface area contributed by atoms with Gasteiger partial charge >= 0.3 is 0 Å². The average molecular weight is 396 g/mol. The monoisotopic (exact) mass is 395 g/mol. The number of benzene rings is 1. The van der Waals surface area contributed by atoms with Gasteiger partial charge in [0, 0.05) is 37.9 Å². The molecule has 29 heavy (non-hydrogen) atoms. The zero-order valence-corrected chi connectivity index (χ0v) is 17.7. The van der Waals surface area contributed by atoms with Crippen molar-refractivity contribution in [2.24, 2.45) is 4.99 Å². The third-order valence-corrected chi connectivity index (χ3v) is 4.99. The SMILES string of the molecule is CCCCNC(=NCc1ccc(C)cc1)NCc1cccnc1N1CCOCC1. The molecular weight excluding hydrogens is 362 g/mol. The number of nitrogens with zero attached hydrogens (tertiary/aromatic N) is 3. The molecule has 0 atom stereocenters. The highest BCUT2D eigenvalue weighted by molar-refractivity contribution is 5.79. The average Bonchev–Trinajstić information content (AvgIpc) is 2.77. The second-order valence-electron chi connectivity index (χ2n) is 7.37. The number of nitrogens with one attached hydrogen (secondary N) is 2. The van der Waals surface area contributed by atoms with E-state index in [0.717, 1.165) is 57.5 Å². The summed E-state index contributed by atoms with van der Waals surface area (Å²) in [5.41, 5.74) is 3.65. The van der Waals surface area contributed by atoms with Gasteiger partial charge in [-0.05, 0) is 25.0 Å². The number of hydrogen-bond donors (Lipinski definition) is 2. The molecule has 0 aliphatic carbocycles. The van der Waals surface area contributed by atoms with Crippen molar-refractivity contribution in [3.8, 4) is 0 Å². The number of aryl methyl sites for hydroxylation is 1. The summed E-state index contributed by atoms with van der Waals surface area (Å²) in [6.45, 7) is 9.84. The maximum absolute atomic E-state index is 5.48. The van der Waals surface area contributed by atoms with E-state index in [1.54, 1.807) is 0 Å². The first kappa shape index (κ1) is 21.1. The molecule has 0 bridgehead atoms. The first-order chi connectivity index (χ1) is 14.3. The van der Waals surface area contributed by atoms with Gasteiger partial charge in [0.25, 0.3) is 0 Å². The van der Waals surface area contributed by atoms with E-state index in [1.165, 1.54) is 16.7 Å². The maximum Gasteiger partial charge on any atom is 0.191 e. The second kappa shape index (κ2) is 11.4. The van der Waals surface area contributed by atoms with Crippen LogP contribution in [0.25, 0.3) is 0 Å². The van der Waals surface area contributed by atoms with Gasteiger partial charge < -0.3 is 20.3 Å². The fourth-order valence-corrected chi connectivity index (χ4v) is 3.23. The fraction of sp³-hybridized carbons (Fsp3) is 0.478. The summed E-state index contributed by atoms with van der Waals surface area (Å²) in [6.07, 6.45) is 4.14. The number of hydrogen-bond acceptors (Lipinski definition) is 4. The maximum atomic E-state index is 5.48. The van der Waals surface area contributed by atoms with Crippen LogP contribution in [0.3, 0.4) is 0 Å². The van der Waals surface area contributed by atoms with Gasteiger partial charge in [0.2, 0.25) is 0 Å². The van der Waals surface area contributed by atoms with E-state index < -0.39 is 0 Å². The largest absolute Gasteiger partial charge is 0.378 e. The van der Waals surface area contributed by atoms with Gasteiger partial charge in [-0.2, -0.15) is 0 Å². The van der Waals surface area contributed by atoms with Crippen LogP contribution in [0.15, 0.2) is 47.6 Å². The molecule has 0 amide bonds. The third-order valence-electron chi connectivity index (χ3n) is 4.99. The lowest BCUT2D eigenvalue weighted by Crippen LogP contribution is -2.39. The third kappa shape index (κ3) is 6.75. The van der Waals surface area contributed by atoms with E-state index in [0.29, 0.717) is 13.1 Å². The molecule has 156 valence electrons. The molecule has 1 aliphatic rings. The number of pyridine rings is 1. The van der Waals surface area contributed by atoms with Gasteiger partial charge in [0.05, 0.1) is 19.8 Å². The van der Waals surface area contributed by atoms with Crippen LogP contribution in [0.2, 0.25) is 0 Å². The van der Waals surface area contributed by atoms with Crippen molar-refractivity contribution in [2.45, 2.75) is 39.8 Å². The molecule has 0 radical (unpaired) electrons. The number of anilines is 1. The number of rotatable bonds is 8. The smallest absolute Gasteiger partial charge is 0.191 e. The topological polar surface area (TPSA) is 61.8 Å². The highest BCUT2D eigenvalue weighted by atomic mass is 16.5. The normalized spacial score (nSPS) is 14.7. The summed E-state index contributed by atoms with van der Waals surface area (Å²) in [7, 11) is 0. The highest BCUT2D eigenvalue weighted by Gasteiger charge is 2.15. The molecule has 1 aliphatic heterocycles. The molecule has 0 unspecified atom stereocenters. The summed E-state index contributed by atoms with van der Waals surface area (Å²) < 4.78 is 5.48. The number of ether oxygens (including phenoxy) is 1. The molecule has 3 rings (SSSR count). The van der Waals surface area contributed by atoms with E-state index in [9.17, 15) is 0 Å². The lowest BCUT2D eigenvalue weighted by molar-refractivity contribution is 0.122. The standard InChI is InChI=1S/C23H33N5O/c1-3-4-11-25-23(26-17-20-9-7-19(2)8-10-20)27-18-21-6-5-12-24-22(21)28-13-15-29-16-14-28/h5-10,12H,3-4,11,13-18H2,1-2H3,(H2,25,26,27). The summed E-state index contributed by atoms with van der Waals surface area (Å²) in [5, 5.41) is 6.95. The number of aliphatic imine (C=N–C) groups is 1. The van der Waals surface area contributed by atoms with E-state index in [4.69, 9.17) is 9.73 Å². The molecule has 6 nitrogen and oxygen atoms in total. The van der Waals surface area contributed by atoms with Crippen molar-refractivity contribution in [3.05, 3.63) is 59.3 Å². The van der Waals surface area contributed by atoms with Crippen LogP contribution >= 0.6 is 0 Å². The fourth-order valence-electron chi connectivity index (χ4n) is 3.23. The number of unbranched alkanes of at least 4 members (excludes halogenated alkanes) is 1. The molecule has 1 aromatic carbocycles. The Morgan fingerprint density at radius 1 is 1.14 bits per heavy atom. The van der Waals surface area contributed by atoms with Gasteiger partial charge in [-0.1, -0.05) is 49.2 Å². The van der Waals surface area contributed by atoms with Crippen LogP contribution in [-0.4, -0.2) is 43.8 Å². The van der Waals surface area contributed by atoms with Crippen LogP contribution in [0, 0.1) is 6.92 Å². The van der Waals surface area contributed by atoms with Crippen LogP contribution in [0.1, 0.15) is 36.5 Å². The van der Waals surface area contributed by atoms with E-state index in [-0.39, 0.29) is 0 Å². The van der Waals surface area contributed by atoms with Gasteiger partial charge in [-0.3, -0.25) is 0 Å². The molecule has 0 spiro atoms. The minimum atomic E-state index is 0.658. The first-order valence-corrected chi connectivity index (χ1v) is 10.6. The van der Waals surface area contributed by atoms with Crippen molar-refractivity contribution in [1.29, 1.82) is 0 Å². The minimum absolute atomic E-state index is 0.658. The van der Waals surface area contributed by atoms with Crippen molar-refractivity contribution >= 4 is 11.8 Å². The molecular formula is C23H33N5O. The van der Waals surface area contributed by atoms with Gasteiger partial charge in [-0.25, -0.2) is 9.98 Å². The predicted molar refractivity (Wildman–Crippen MR) is 119 cm³/mol. The van der Waals surface area contributed by atoms with E-state index in [1.807, 2.05) is 12.3 Å². The Kier molecular flexibility index (Phi) is 8.31. The number of guanidine groups is 1. The van der Waals surface area contributed by atoms with Crippen LogP contribution in [-0.2, 0) is 17.8 Å². The lowest BCUT2D eigenvalue weighted by Gasteiger charge is -2.29. The van der Waals surface area contributed by atoms with Crippen LogP contribution in [0.5, 0.6) is 0 Å². The molecule has 1 aromatic heterocycles. The molecule has 1 fully saturated rings. The van der Waals surface area contributed by atoms with Crippen LogP contribution < -0.4 is 15.5 Å². The quantitative estimate of drug-likeness (QED) is 0.408. The lowest BCUT2D eigenvalue weighted by atomic mass is 10.1. The van der Waals surface area contributed by atoms with Gasteiger partial charge in [0.15, 0.2) is 5.96 Å². The Labute approximate surface area is 174 Å². The van der Waals surface area contributed by atoms with Crippen molar-refractivity contribution in [3.63, 3.8) is 0 Å². The molecule has 6 heteroatoms. The van der Waals surface area contributed by atoms with Gasteiger partial charge in [0.1, 0.15) is 5.82 Å². The molecule has 2 N–H and O–H groups in total. The van der Waals surface area contributed by atoms with Crippen LogP contribution in [0.4, 0.5) is 5.82 Å². The van der Waals surface area contributed by atoms with Crippen molar-refractivity contribution in [2.75, 3.05) is 37.7 Å². The van der Waals surface area contributed by atoms with Gasteiger partial charge in [-0.15, -0.1) is 0 Å². The molecule has 2 aromatic rings. The Hall–Kier alpha value is -2.60. The van der Waals surface area contributed by atoms with E-state index in [2.05, 4.69) is 64.7 Å². The predicted octanol–water partition coefficient (Wildman–Crippen LogP) is 3.26. The Bertz CT molecular complexity index is 769.